The van der Waals surface area contributed by atoms with Crippen molar-refractivity contribution in [2.24, 2.45) is 4.99 Å². The van der Waals surface area contributed by atoms with Gasteiger partial charge < -0.3 is 9.47 Å². The van der Waals surface area contributed by atoms with Crippen molar-refractivity contribution in [3.8, 4) is 5.75 Å². The Morgan fingerprint density at radius 1 is 1.13 bits per heavy atom. The van der Waals surface area contributed by atoms with Crippen molar-refractivity contribution < 1.29 is 18.7 Å². The zero-order valence-corrected chi connectivity index (χ0v) is 24.2. The summed E-state index contributed by atoms with van der Waals surface area (Å²) in [5.41, 5.74) is 2.83. The van der Waals surface area contributed by atoms with E-state index in [0.29, 0.717) is 38.3 Å². The summed E-state index contributed by atoms with van der Waals surface area (Å²) in [6.07, 6.45) is 2.33. The number of nitrogens with zero attached hydrogens (tertiary/aromatic N) is 2. The summed E-state index contributed by atoms with van der Waals surface area (Å²) in [6, 6.07) is 20.9. The Hall–Kier alpha value is -3.57. The second-order valence-corrected chi connectivity index (χ2v) is 10.9. The molecule has 4 aromatic rings. The fourth-order valence-electron chi connectivity index (χ4n) is 4.46. The molecule has 0 saturated heterocycles. The van der Waals surface area contributed by atoms with Crippen LogP contribution in [0, 0.1) is 9.39 Å². The minimum atomic E-state index is -0.638. The van der Waals surface area contributed by atoms with Gasteiger partial charge in [-0.3, -0.25) is 9.36 Å². The Labute approximate surface area is 241 Å². The number of thiazole rings is 1. The number of carbonyl (C=O) groups excluding carboxylic acids is 1. The van der Waals surface area contributed by atoms with E-state index in [1.807, 2.05) is 61.5 Å². The molecule has 1 atom stereocenters. The Balaban J connectivity index is 1.54. The van der Waals surface area contributed by atoms with Crippen LogP contribution >= 0.6 is 33.9 Å². The minimum Gasteiger partial charge on any atom is -0.488 e. The first-order chi connectivity index (χ1) is 18.9. The fourth-order valence-corrected chi connectivity index (χ4v) is 6.18. The third kappa shape index (κ3) is 5.46. The summed E-state index contributed by atoms with van der Waals surface area (Å²) in [7, 11) is 1.33. The zero-order chi connectivity index (χ0) is 27.5. The van der Waals surface area contributed by atoms with Crippen LogP contribution in [-0.2, 0) is 16.1 Å². The average molecular weight is 655 g/mol. The summed E-state index contributed by atoms with van der Waals surface area (Å²) >= 11 is 3.44. The lowest BCUT2D eigenvalue weighted by molar-refractivity contribution is -0.136. The van der Waals surface area contributed by atoms with Gasteiger partial charge in [-0.1, -0.05) is 72.9 Å². The lowest BCUT2D eigenvalue weighted by Crippen LogP contribution is -2.40. The van der Waals surface area contributed by atoms with Gasteiger partial charge in [-0.2, -0.15) is 0 Å². The SMILES string of the molecule is CCC1=C(C(=O)OC)[C@@H](c2ccccc2)n2c(s/c(=C\c3ccc(OCc4ccccc4F)c(I)c3)c2=O)=N1. The van der Waals surface area contributed by atoms with Crippen LogP contribution < -0.4 is 19.6 Å². The van der Waals surface area contributed by atoms with E-state index in [1.54, 1.807) is 22.8 Å². The Morgan fingerprint density at radius 2 is 1.87 bits per heavy atom. The number of halogens is 2. The second-order valence-electron chi connectivity index (χ2n) is 8.77. The lowest BCUT2D eigenvalue weighted by Gasteiger charge is -2.25. The van der Waals surface area contributed by atoms with Crippen molar-refractivity contribution in [1.82, 2.24) is 4.57 Å². The Morgan fingerprint density at radius 3 is 2.56 bits per heavy atom. The van der Waals surface area contributed by atoms with Crippen molar-refractivity contribution in [1.29, 1.82) is 0 Å². The van der Waals surface area contributed by atoms with Gasteiger partial charge in [0.05, 0.1) is 32.5 Å². The van der Waals surface area contributed by atoms with Gasteiger partial charge in [0.25, 0.3) is 5.56 Å². The van der Waals surface area contributed by atoms with Crippen molar-refractivity contribution >= 4 is 46.0 Å². The highest BCUT2D eigenvalue weighted by Gasteiger charge is 2.33. The van der Waals surface area contributed by atoms with Crippen molar-refractivity contribution in [2.75, 3.05) is 7.11 Å². The van der Waals surface area contributed by atoms with E-state index >= 15 is 0 Å². The van der Waals surface area contributed by atoms with E-state index in [4.69, 9.17) is 14.5 Å². The molecule has 0 spiro atoms. The van der Waals surface area contributed by atoms with Crippen LogP contribution in [0.25, 0.3) is 6.08 Å². The normalized spacial score (nSPS) is 15.1. The van der Waals surface area contributed by atoms with Crippen LogP contribution in [0.5, 0.6) is 5.75 Å². The number of methoxy groups -OCH3 is 1. The molecule has 0 amide bonds. The average Bonchev–Trinajstić information content (AvgIpc) is 3.26. The number of hydrogen-bond acceptors (Lipinski definition) is 6. The predicted molar refractivity (Wildman–Crippen MR) is 157 cm³/mol. The van der Waals surface area contributed by atoms with Crippen LogP contribution in [0.4, 0.5) is 4.39 Å². The number of carbonyl (C=O) groups is 1. The van der Waals surface area contributed by atoms with E-state index < -0.39 is 12.0 Å². The quantitative estimate of drug-likeness (QED) is 0.205. The monoisotopic (exact) mass is 654 g/mol. The minimum absolute atomic E-state index is 0.113. The van der Waals surface area contributed by atoms with E-state index in [2.05, 4.69) is 22.6 Å². The summed E-state index contributed by atoms with van der Waals surface area (Å²) in [6.45, 7) is 2.04. The van der Waals surface area contributed by atoms with Crippen molar-refractivity contribution in [2.45, 2.75) is 26.0 Å². The summed E-state index contributed by atoms with van der Waals surface area (Å²) in [4.78, 5) is 31.8. The molecule has 9 heteroatoms. The number of benzene rings is 3. The zero-order valence-electron chi connectivity index (χ0n) is 21.2. The first kappa shape index (κ1) is 27.0. The predicted octanol–water partition coefficient (Wildman–Crippen LogP) is 5.12. The van der Waals surface area contributed by atoms with Crippen LogP contribution in [0.2, 0.25) is 0 Å². The molecule has 6 nitrogen and oxygen atoms in total. The van der Waals surface area contributed by atoms with Crippen molar-refractivity contribution in [3.05, 3.63) is 130 Å². The van der Waals surface area contributed by atoms with Crippen molar-refractivity contribution in [3.63, 3.8) is 0 Å². The van der Waals surface area contributed by atoms with E-state index in [9.17, 15) is 14.0 Å². The molecule has 39 heavy (non-hydrogen) atoms. The van der Waals surface area contributed by atoms with Gasteiger partial charge in [-0.15, -0.1) is 0 Å². The van der Waals surface area contributed by atoms with Gasteiger partial charge in [0.15, 0.2) is 4.80 Å². The van der Waals surface area contributed by atoms with Crippen LogP contribution in [-0.4, -0.2) is 17.6 Å². The molecule has 5 rings (SSSR count). The Kier molecular flexibility index (Phi) is 8.08. The lowest BCUT2D eigenvalue weighted by atomic mass is 9.95. The molecule has 1 aliphatic rings. The summed E-state index contributed by atoms with van der Waals surface area (Å²) in [5.74, 6) is -0.189. The molecule has 0 aliphatic carbocycles. The molecule has 0 saturated carbocycles. The molecular formula is C30H24FIN2O4S. The highest BCUT2D eigenvalue weighted by atomic mass is 127. The number of hydrogen-bond donors (Lipinski definition) is 0. The summed E-state index contributed by atoms with van der Waals surface area (Å²) < 4.78 is 27.8. The van der Waals surface area contributed by atoms with E-state index in [-0.39, 0.29) is 18.0 Å². The molecular weight excluding hydrogens is 630 g/mol. The molecule has 3 aromatic carbocycles. The number of allylic oxidation sites excluding steroid dienone is 1. The molecule has 0 N–H and O–H groups in total. The largest absolute Gasteiger partial charge is 0.488 e. The van der Waals surface area contributed by atoms with Gasteiger partial charge in [0.2, 0.25) is 0 Å². The summed E-state index contributed by atoms with van der Waals surface area (Å²) in [5, 5.41) is 0. The first-order valence-electron chi connectivity index (χ1n) is 12.2. The number of rotatable bonds is 7. The maximum Gasteiger partial charge on any atom is 0.338 e. The second kappa shape index (κ2) is 11.7. The van der Waals surface area contributed by atoms with Crippen LogP contribution in [0.1, 0.15) is 36.1 Å². The first-order valence-corrected chi connectivity index (χ1v) is 14.1. The van der Waals surface area contributed by atoms with Gasteiger partial charge >= 0.3 is 5.97 Å². The molecule has 1 aliphatic heterocycles. The van der Waals surface area contributed by atoms with Crippen LogP contribution in [0.15, 0.2) is 93.9 Å². The maximum absolute atomic E-state index is 14.0. The fraction of sp³-hybridized carbons (Fsp3) is 0.167. The number of aromatic nitrogens is 1. The highest BCUT2D eigenvalue weighted by molar-refractivity contribution is 14.1. The molecule has 2 heterocycles. The molecule has 0 bridgehead atoms. The van der Waals surface area contributed by atoms with Gasteiger partial charge in [-0.05, 0) is 64.4 Å². The molecule has 0 unspecified atom stereocenters. The topological polar surface area (TPSA) is 69.9 Å². The molecule has 1 aromatic heterocycles. The van der Waals surface area contributed by atoms with Gasteiger partial charge in [0.1, 0.15) is 18.2 Å². The highest BCUT2D eigenvalue weighted by Crippen LogP contribution is 2.31. The van der Waals surface area contributed by atoms with E-state index in [0.717, 1.165) is 14.7 Å². The number of esters is 1. The van der Waals surface area contributed by atoms with Crippen LogP contribution in [0.3, 0.4) is 0 Å². The Bertz CT molecular complexity index is 1760. The number of ether oxygens (including phenoxy) is 2. The number of fused-ring (bicyclic) bond motifs is 1. The third-order valence-corrected chi connectivity index (χ3v) is 8.19. The maximum atomic E-state index is 14.0. The van der Waals surface area contributed by atoms with Gasteiger partial charge in [0, 0.05) is 5.56 Å². The molecule has 0 fully saturated rings. The third-order valence-electron chi connectivity index (χ3n) is 6.36. The smallest absolute Gasteiger partial charge is 0.338 e. The standard InChI is InChI=1S/C30H24FIN2O4S/c1-3-23-26(29(36)37-2)27(19-9-5-4-6-10-19)34-28(35)25(39-30(34)33-23)16-18-13-14-24(22(32)15-18)38-17-20-11-7-8-12-21(20)31/h4-16,27H,3,17H2,1-2H3/b25-16-/t27-/m1/s1. The van der Waals surface area contributed by atoms with E-state index in [1.165, 1.54) is 24.5 Å². The molecule has 198 valence electrons. The van der Waals surface area contributed by atoms with Gasteiger partial charge in [-0.25, -0.2) is 14.2 Å². The molecule has 0 radical (unpaired) electrons.